The minimum Gasteiger partial charge on any atom is -0.358 e. The Labute approximate surface area is 108 Å². The molecule has 0 amide bonds. The van der Waals surface area contributed by atoms with Gasteiger partial charge in [0.05, 0.1) is 0 Å². The molecule has 94 valence electrons. The van der Waals surface area contributed by atoms with E-state index in [-0.39, 0.29) is 0 Å². The second-order valence-corrected chi connectivity index (χ2v) is 4.94. The Morgan fingerprint density at radius 2 is 2.06 bits per heavy atom. The lowest BCUT2D eigenvalue weighted by Gasteiger charge is -2.23. The van der Waals surface area contributed by atoms with Crippen molar-refractivity contribution in [2.45, 2.75) is 19.8 Å². The van der Waals surface area contributed by atoms with E-state index in [1.807, 2.05) is 6.92 Å². The molecule has 1 saturated heterocycles. The van der Waals surface area contributed by atoms with Crippen LogP contribution in [0.2, 0.25) is 5.15 Å². The molecule has 0 unspecified atom stereocenters. The summed E-state index contributed by atoms with van der Waals surface area (Å²) in [6.45, 7) is 6.50. The predicted molar refractivity (Wildman–Crippen MR) is 70.7 cm³/mol. The number of likely N-dealkylation sites (tertiary alicyclic amines) is 1. The van der Waals surface area contributed by atoms with Crippen molar-refractivity contribution in [3.63, 3.8) is 0 Å². The molecule has 0 radical (unpaired) electrons. The Balaban J connectivity index is 1.94. The zero-order valence-electron chi connectivity index (χ0n) is 10.5. The SMILES string of the molecule is Cc1c(Cl)ncnc1N(C)CCN1CCCC1. The smallest absolute Gasteiger partial charge is 0.137 e. The van der Waals surface area contributed by atoms with Gasteiger partial charge in [0.25, 0.3) is 0 Å². The fourth-order valence-corrected chi connectivity index (χ4v) is 2.34. The molecular weight excluding hydrogens is 236 g/mol. The Kier molecular flexibility index (Phi) is 4.18. The van der Waals surface area contributed by atoms with Crippen LogP contribution in [0.1, 0.15) is 18.4 Å². The van der Waals surface area contributed by atoms with Crippen molar-refractivity contribution in [1.82, 2.24) is 14.9 Å². The van der Waals surface area contributed by atoms with Crippen molar-refractivity contribution in [3.8, 4) is 0 Å². The van der Waals surface area contributed by atoms with Gasteiger partial charge in [0.15, 0.2) is 0 Å². The van der Waals surface area contributed by atoms with Gasteiger partial charge in [0, 0.05) is 25.7 Å². The van der Waals surface area contributed by atoms with Gasteiger partial charge in [0.1, 0.15) is 17.3 Å². The van der Waals surface area contributed by atoms with Crippen molar-refractivity contribution >= 4 is 17.4 Å². The van der Waals surface area contributed by atoms with E-state index in [9.17, 15) is 0 Å². The van der Waals surface area contributed by atoms with Crippen LogP contribution in [0.4, 0.5) is 5.82 Å². The van der Waals surface area contributed by atoms with Gasteiger partial charge in [-0.25, -0.2) is 9.97 Å². The topological polar surface area (TPSA) is 32.3 Å². The molecule has 0 N–H and O–H groups in total. The zero-order valence-corrected chi connectivity index (χ0v) is 11.2. The Morgan fingerprint density at radius 3 is 2.76 bits per heavy atom. The molecule has 1 aromatic rings. The van der Waals surface area contributed by atoms with Gasteiger partial charge in [-0.3, -0.25) is 0 Å². The summed E-state index contributed by atoms with van der Waals surface area (Å²) in [6, 6.07) is 0. The first-order valence-corrected chi connectivity index (χ1v) is 6.47. The van der Waals surface area contributed by atoms with Crippen molar-refractivity contribution in [1.29, 1.82) is 0 Å². The monoisotopic (exact) mass is 254 g/mol. The third-order valence-electron chi connectivity index (χ3n) is 3.31. The van der Waals surface area contributed by atoms with Crippen LogP contribution in [0.15, 0.2) is 6.33 Å². The summed E-state index contributed by atoms with van der Waals surface area (Å²) < 4.78 is 0. The average Bonchev–Trinajstić information content (AvgIpc) is 2.82. The van der Waals surface area contributed by atoms with Crippen LogP contribution in [-0.4, -0.2) is 48.1 Å². The molecule has 0 saturated carbocycles. The molecule has 0 bridgehead atoms. The van der Waals surface area contributed by atoms with Crippen LogP contribution in [0, 0.1) is 6.92 Å². The van der Waals surface area contributed by atoms with E-state index in [0.717, 1.165) is 24.5 Å². The number of hydrogen-bond donors (Lipinski definition) is 0. The zero-order chi connectivity index (χ0) is 12.3. The number of anilines is 1. The summed E-state index contributed by atoms with van der Waals surface area (Å²) in [5.41, 5.74) is 0.957. The highest BCUT2D eigenvalue weighted by molar-refractivity contribution is 6.30. The number of rotatable bonds is 4. The van der Waals surface area contributed by atoms with Crippen LogP contribution in [0.5, 0.6) is 0 Å². The second kappa shape index (κ2) is 5.65. The van der Waals surface area contributed by atoms with Gasteiger partial charge in [-0.1, -0.05) is 11.6 Å². The summed E-state index contributed by atoms with van der Waals surface area (Å²) >= 11 is 6.00. The van der Waals surface area contributed by atoms with Crippen LogP contribution >= 0.6 is 11.6 Å². The minimum atomic E-state index is 0.544. The van der Waals surface area contributed by atoms with E-state index in [1.165, 1.54) is 32.3 Å². The van der Waals surface area contributed by atoms with Crippen molar-refractivity contribution in [2.24, 2.45) is 0 Å². The van der Waals surface area contributed by atoms with E-state index in [4.69, 9.17) is 11.6 Å². The summed E-state index contributed by atoms with van der Waals surface area (Å²) in [5.74, 6) is 0.934. The van der Waals surface area contributed by atoms with Crippen LogP contribution in [0.25, 0.3) is 0 Å². The molecule has 0 aromatic carbocycles. The molecule has 1 aromatic heterocycles. The first kappa shape index (κ1) is 12.6. The lowest BCUT2D eigenvalue weighted by atomic mass is 10.3. The molecule has 0 aliphatic carbocycles. The highest BCUT2D eigenvalue weighted by Gasteiger charge is 2.14. The number of likely N-dealkylation sites (N-methyl/N-ethyl adjacent to an activating group) is 1. The Morgan fingerprint density at radius 1 is 1.35 bits per heavy atom. The number of nitrogens with zero attached hydrogens (tertiary/aromatic N) is 4. The van der Waals surface area contributed by atoms with Crippen LogP contribution in [0.3, 0.4) is 0 Å². The maximum absolute atomic E-state index is 6.00. The van der Waals surface area contributed by atoms with E-state index >= 15 is 0 Å². The van der Waals surface area contributed by atoms with Crippen molar-refractivity contribution < 1.29 is 0 Å². The predicted octanol–water partition coefficient (Wildman–Crippen LogP) is 1.97. The third-order valence-corrected chi connectivity index (χ3v) is 3.69. The highest BCUT2D eigenvalue weighted by Crippen LogP contribution is 2.20. The first-order valence-electron chi connectivity index (χ1n) is 6.09. The van der Waals surface area contributed by atoms with Gasteiger partial charge in [-0.15, -0.1) is 0 Å². The van der Waals surface area contributed by atoms with Crippen molar-refractivity contribution in [3.05, 3.63) is 17.0 Å². The molecule has 0 spiro atoms. The molecule has 17 heavy (non-hydrogen) atoms. The summed E-state index contributed by atoms with van der Waals surface area (Å²) in [4.78, 5) is 12.9. The maximum atomic E-state index is 6.00. The second-order valence-electron chi connectivity index (χ2n) is 4.58. The van der Waals surface area contributed by atoms with E-state index in [0.29, 0.717) is 5.15 Å². The van der Waals surface area contributed by atoms with Crippen LogP contribution in [-0.2, 0) is 0 Å². The quantitative estimate of drug-likeness (QED) is 0.769. The summed E-state index contributed by atoms with van der Waals surface area (Å²) in [6.07, 6.45) is 4.20. The van der Waals surface area contributed by atoms with Gasteiger partial charge < -0.3 is 9.80 Å². The number of halogens is 1. The normalized spacial score (nSPS) is 16.4. The van der Waals surface area contributed by atoms with Gasteiger partial charge in [0.2, 0.25) is 0 Å². The number of aromatic nitrogens is 2. The summed E-state index contributed by atoms with van der Waals surface area (Å²) in [7, 11) is 2.06. The molecular formula is C12H19ClN4. The third kappa shape index (κ3) is 3.07. The molecule has 2 heterocycles. The fourth-order valence-electron chi connectivity index (χ4n) is 2.21. The maximum Gasteiger partial charge on any atom is 0.137 e. The van der Waals surface area contributed by atoms with Crippen LogP contribution < -0.4 is 4.90 Å². The Hall–Kier alpha value is -0.870. The molecule has 1 aliphatic rings. The standard InChI is InChI=1S/C12H19ClN4/c1-10-11(13)14-9-15-12(10)16(2)7-8-17-5-3-4-6-17/h9H,3-8H2,1-2H3. The molecule has 1 fully saturated rings. The molecule has 2 rings (SSSR count). The lowest BCUT2D eigenvalue weighted by molar-refractivity contribution is 0.346. The van der Waals surface area contributed by atoms with E-state index in [2.05, 4.69) is 26.8 Å². The van der Waals surface area contributed by atoms with E-state index < -0.39 is 0 Å². The fraction of sp³-hybridized carbons (Fsp3) is 0.667. The van der Waals surface area contributed by atoms with Gasteiger partial charge >= 0.3 is 0 Å². The highest BCUT2D eigenvalue weighted by atomic mass is 35.5. The lowest BCUT2D eigenvalue weighted by Crippen LogP contribution is -2.32. The largest absolute Gasteiger partial charge is 0.358 e. The van der Waals surface area contributed by atoms with Gasteiger partial charge in [-0.05, 0) is 32.9 Å². The van der Waals surface area contributed by atoms with E-state index in [1.54, 1.807) is 0 Å². The Bertz CT molecular complexity index is 377. The average molecular weight is 255 g/mol. The first-order chi connectivity index (χ1) is 8.18. The molecule has 0 atom stereocenters. The minimum absolute atomic E-state index is 0.544. The number of hydrogen-bond acceptors (Lipinski definition) is 4. The summed E-state index contributed by atoms with van der Waals surface area (Å²) in [5, 5.41) is 0.544. The molecule has 4 nitrogen and oxygen atoms in total. The van der Waals surface area contributed by atoms with Gasteiger partial charge in [-0.2, -0.15) is 0 Å². The molecule has 1 aliphatic heterocycles. The molecule has 5 heteroatoms. The van der Waals surface area contributed by atoms with Crippen molar-refractivity contribution in [2.75, 3.05) is 38.1 Å².